The molecule has 0 bridgehead atoms. The molecule has 11 nitrogen and oxygen atoms in total. The van der Waals surface area contributed by atoms with E-state index in [0.717, 1.165) is 56.9 Å². The van der Waals surface area contributed by atoms with E-state index in [0.29, 0.717) is 12.8 Å². The van der Waals surface area contributed by atoms with E-state index in [1.54, 1.807) is 20.8 Å². The molecular formula is C39H55N3O8. The summed E-state index contributed by atoms with van der Waals surface area (Å²) in [4.78, 5) is 80.6. The van der Waals surface area contributed by atoms with Crippen LogP contribution in [0.5, 0.6) is 0 Å². The average Bonchev–Trinajstić information content (AvgIpc) is 3.36. The first-order valence-corrected chi connectivity index (χ1v) is 18.5. The zero-order valence-corrected chi connectivity index (χ0v) is 30.3. The van der Waals surface area contributed by atoms with Crippen molar-refractivity contribution in [3.05, 3.63) is 35.9 Å². The summed E-state index contributed by atoms with van der Waals surface area (Å²) in [7, 11) is 0. The van der Waals surface area contributed by atoms with Crippen molar-refractivity contribution in [3.63, 3.8) is 0 Å². The number of carbonyl (C=O) groups excluding carboxylic acids is 6. The van der Waals surface area contributed by atoms with Gasteiger partial charge in [-0.1, -0.05) is 82.7 Å². The van der Waals surface area contributed by atoms with Crippen LogP contribution >= 0.6 is 0 Å². The fourth-order valence-corrected chi connectivity index (χ4v) is 8.56. The number of amides is 3. The number of alkyl carbamates (subject to hydrolysis) is 1. The lowest BCUT2D eigenvalue weighted by molar-refractivity contribution is -0.147. The molecule has 0 aromatic heterocycles. The zero-order chi connectivity index (χ0) is 36.2. The largest absolute Gasteiger partial charge is 0.460 e. The number of esters is 1. The number of rotatable bonds is 14. The van der Waals surface area contributed by atoms with E-state index < -0.39 is 65.7 Å². The van der Waals surface area contributed by atoms with Crippen LogP contribution in [0.1, 0.15) is 104 Å². The molecule has 50 heavy (non-hydrogen) atoms. The smallest absolute Gasteiger partial charge is 0.408 e. The number of hydrogen-bond donors (Lipinski definition) is 3. The van der Waals surface area contributed by atoms with Crippen LogP contribution in [0.2, 0.25) is 0 Å². The van der Waals surface area contributed by atoms with Gasteiger partial charge in [0.05, 0.1) is 18.0 Å². The van der Waals surface area contributed by atoms with Crippen LogP contribution < -0.4 is 16.0 Å². The Kier molecular flexibility index (Phi) is 11.7. The summed E-state index contributed by atoms with van der Waals surface area (Å²) in [6.45, 7) is 9.08. The number of benzene rings is 1. The third-order valence-corrected chi connectivity index (χ3v) is 11.5. The Bertz CT molecular complexity index is 1430. The molecule has 3 amide bonds. The van der Waals surface area contributed by atoms with Gasteiger partial charge in [0.15, 0.2) is 5.78 Å². The van der Waals surface area contributed by atoms with Gasteiger partial charge in [-0.2, -0.15) is 0 Å². The van der Waals surface area contributed by atoms with Crippen molar-refractivity contribution in [2.75, 3.05) is 6.54 Å². The molecule has 0 heterocycles. The topological polar surface area (TPSA) is 157 Å². The van der Waals surface area contributed by atoms with Gasteiger partial charge in [-0.3, -0.25) is 24.0 Å². The van der Waals surface area contributed by atoms with Crippen LogP contribution in [0.15, 0.2) is 30.3 Å². The lowest BCUT2D eigenvalue weighted by atomic mass is 9.74. The van der Waals surface area contributed by atoms with E-state index in [-0.39, 0.29) is 41.5 Å². The Morgan fingerprint density at radius 1 is 0.900 bits per heavy atom. The highest BCUT2D eigenvalue weighted by atomic mass is 16.6. The van der Waals surface area contributed by atoms with Crippen LogP contribution in [0.3, 0.4) is 0 Å². The minimum atomic E-state index is -1.08. The third kappa shape index (κ3) is 9.12. The van der Waals surface area contributed by atoms with Crippen LogP contribution in [-0.4, -0.2) is 59.7 Å². The lowest BCUT2D eigenvalue weighted by Gasteiger charge is -2.35. The fourth-order valence-electron chi connectivity index (χ4n) is 8.56. The Labute approximate surface area is 295 Å². The van der Waals surface area contributed by atoms with Crippen LogP contribution in [0.25, 0.3) is 0 Å². The lowest BCUT2D eigenvalue weighted by Crippen LogP contribution is -2.54. The minimum absolute atomic E-state index is 0.0402. The van der Waals surface area contributed by atoms with Gasteiger partial charge in [0.2, 0.25) is 11.7 Å². The zero-order valence-electron chi connectivity index (χ0n) is 30.3. The molecule has 274 valence electrons. The molecule has 1 aromatic rings. The van der Waals surface area contributed by atoms with Gasteiger partial charge in [-0.25, -0.2) is 4.79 Å². The van der Waals surface area contributed by atoms with Gasteiger partial charge >= 0.3 is 12.1 Å². The van der Waals surface area contributed by atoms with Crippen molar-refractivity contribution in [1.82, 2.24) is 16.0 Å². The predicted molar refractivity (Wildman–Crippen MR) is 185 cm³/mol. The van der Waals surface area contributed by atoms with E-state index in [4.69, 9.17) is 9.47 Å². The maximum Gasteiger partial charge on any atom is 0.408 e. The number of Topliss-reactive ketones (excluding diaryl/α,β-unsaturated/α-hetero) is 2. The molecule has 0 saturated heterocycles. The molecule has 0 radical (unpaired) electrons. The summed E-state index contributed by atoms with van der Waals surface area (Å²) in [5.74, 6) is -4.11. The number of carbonyl (C=O) groups is 6. The van der Waals surface area contributed by atoms with Crippen molar-refractivity contribution < 1.29 is 38.2 Å². The van der Waals surface area contributed by atoms with Gasteiger partial charge < -0.3 is 25.4 Å². The molecule has 4 aliphatic rings. The molecule has 5 rings (SSSR count). The van der Waals surface area contributed by atoms with Gasteiger partial charge in [0, 0.05) is 5.92 Å². The number of fused-ring (bicyclic) bond motifs is 1. The SMILES string of the molecule is CC(C)(C)OC(=O)N[C@H](C(=O)C1CC2C([C@H]1C(=O)NC(CC1CCC1)C(=O)C(=O)NCC(=O)OCc1ccccc1)C2(C)C)C1CCCCC1. The summed E-state index contributed by atoms with van der Waals surface area (Å²) in [6, 6.07) is 7.26. The first-order chi connectivity index (χ1) is 23.7. The molecule has 4 fully saturated rings. The molecule has 0 aliphatic heterocycles. The van der Waals surface area contributed by atoms with Crippen molar-refractivity contribution >= 4 is 35.4 Å². The molecule has 3 N–H and O–H groups in total. The standard InChI is InChI=1S/C39H55N3O8/c1-38(2,3)50-37(48)42-32(25-17-10-7-11-18-25)33(44)26-20-27-31(39(27,4)5)30(26)35(46)41-28(19-23-15-12-16-23)34(45)36(47)40-21-29(43)49-22-24-13-8-6-9-14-24/h6,8-9,13-14,23,25-28,30-32H,7,10-12,15-22H2,1-5H3,(H,40,47)(H,41,46)(H,42,48)/t26?,27?,28?,30-,31?,32-/m0/s1. The number of nitrogens with one attached hydrogen (secondary N) is 3. The fraction of sp³-hybridized carbons (Fsp3) is 0.692. The third-order valence-electron chi connectivity index (χ3n) is 11.5. The normalized spacial score (nSPS) is 25.5. The van der Waals surface area contributed by atoms with Crippen molar-refractivity contribution in [1.29, 1.82) is 0 Å². The molecule has 4 aliphatic carbocycles. The number of hydrogen-bond acceptors (Lipinski definition) is 8. The molecule has 4 saturated carbocycles. The Hall–Kier alpha value is -3.76. The molecule has 4 unspecified atom stereocenters. The van der Waals surface area contributed by atoms with Crippen LogP contribution in [0.4, 0.5) is 4.79 Å². The Balaban J connectivity index is 1.27. The second-order valence-corrected chi connectivity index (χ2v) is 16.5. The van der Waals surface area contributed by atoms with E-state index in [1.165, 1.54) is 0 Å². The second kappa shape index (κ2) is 15.6. The van der Waals surface area contributed by atoms with E-state index >= 15 is 0 Å². The number of ether oxygens (including phenoxy) is 2. The molecule has 1 aromatic carbocycles. The van der Waals surface area contributed by atoms with Crippen molar-refractivity contribution in [3.8, 4) is 0 Å². The summed E-state index contributed by atoms with van der Waals surface area (Å²) in [5, 5.41) is 8.19. The van der Waals surface area contributed by atoms with Crippen LogP contribution in [-0.2, 0) is 40.1 Å². The first kappa shape index (κ1) is 37.5. The van der Waals surface area contributed by atoms with E-state index in [2.05, 4.69) is 29.8 Å². The molecular weight excluding hydrogens is 638 g/mol. The highest BCUT2D eigenvalue weighted by Crippen LogP contribution is 2.71. The highest BCUT2D eigenvalue weighted by Gasteiger charge is 2.70. The minimum Gasteiger partial charge on any atom is -0.460 e. The van der Waals surface area contributed by atoms with E-state index in [9.17, 15) is 28.8 Å². The Morgan fingerprint density at radius 2 is 1.58 bits per heavy atom. The van der Waals surface area contributed by atoms with Gasteiger partial charge in [-0.05, 0) is 81.1 Å². The second-order valence-electron chi connectivity index (χ2n) is 16.5. The summed E-state index contributed by atoms with van der Waals surface area (Å²) in [5.41, 5.74) is -0.0903. The van der Waals surface area contributed by atoms with E-state index in [1.807, 2.05) is 30.3 Å². The molecule has 6 atom stereocenters. The Morgan fingerprint density at radius 3 is 2.20 bits per heavy atom. The van der Waals surface area contributed by atoms with Crippen molar-refractivity contribution in [2.45, 2.75) is 123 Å². The summed E-state index contributed by atoms with van der Waals surface area (Å²) in [6.07, 6.45) is 7.63. The van der Waals surface area contributed by atoms with Crippen molar-refractivity contribution in [2.24, 2.45) is 40.9 Å². The predicted octanol–water partition coefficient (Wildman–Crippen LogP) is 5.04. The monoisotopic (exact) mass is 693 g/mol. The maximum atomic E-state index is 14.5. The van der Waals surface area contributed by atoms with Crippen LogP contribution in [0, 0.1) is 40.9 Å². The van der Waals surface area contributed by atoms with Gasteiger partial charge in [0.25, 0.3) is 5.91 Å². The molecule has 0 spiro atoms. The number of ketones is 2. The maximum absolute atomic E-state index is 14.5. The molecule has 11 heteroatoms. The summed E-state index contributed by atoms with van der Waals surface area (Å²) >= 11 is 0. The summed E-state index contributed by atoms with van der Waals surface area (Å²) < 4.78 is 10.8. The highest BCUT2D eigenvalue weighted by molar-refractivity contribution is 6.38. The first-order valence-electron chi connectivity index (χ1n) is 18.5. The van der Waals surface area contributed by atoms with Gasteiger partial charge in [-0.15, -0.1) is 0 Å². The quantitative estimate of drug-likeness (QED) is 0.181. The van der Waals surface area contributed by atoms with Gasteiger partial charge in [0.1, 0.15) is 18.8 Å². The average molecular weight is 694 g/mol.